The van der Waals surface area contributed by atoms with Crippen LogP contribution in [0.15, 0.2) is 24.3 Å². The molecule has 3 fully saturated rings. The highest BCUT2D eigenvalue weighted by molar-refractivity contribution is 5.98. The van der Waals surface area contributed by atoms with E-state index in [0.29, 0.717) is 17.7 Å². The molecule has 2 saturated heterocycles. The van der Waals surface area contributed by atoms with Crippen molar-refractivity contribution in [3.05, 3.63) is 29.8 Å². The topological polar surface area (TPSA) is 117 Å². The second-order valence-electron chi connectivity index (χ2n) is 7.74. The summed E-state index contributed by atoms with van der Waals surface area (Å²) in [5, 5.41) is 2.77. The van der Waals surface area contributed by atoms with E-state index in [1.54, 1.807) is 17.0 Å². The number of halogens is 1. The van der Waals surface area contributed by atoms with Gasteiger partial charge in [-0.25, -0.2) is 9.82 Å². The molecule has 28 heavy (non-hydrogen) atoms. The SMILES string of the molecule is NC(=O)c1ccc(NC(=O)C2CC(=O)N(C3NNC4CCCC(F)C43)C2)cc1. The number of nitrogens with zero attached hydrogens (tertiary/aromatic N) is 1. The van der Waals surface area contributed by atoms with Crippen molar-refractivity contribution in [1.29, 1.82) is 0 Å². The molecule has 2 heterocycles. The van der Waals surface area contributed by atoms with Crippen molar-refractivity contribution in [2.24, 2.45) is 17.6 Å². The Hall–Kier alpha value is -2.52. The van der Waals surface area contributed by atoms with Gasteiger partial charge in [-0.1, -0.05) is 0 Å². The molecule has 8 nitrogen and oxygen atoms in total. The molecule has 0 bridgehead atoms. The maximum Gasteiger partial charge on any atom is 0.248 e. The minimum absolute atomic E-state index is 0.0122. The van der Waals surface area contributed by atoms with Crippen molar-refractivity contribution >= 4 is 23.4 Å². The number of carbonyl (C=O) groups excluding carboxylic acids is 3. The summed E-state index contributed by atoms with van der Waals surface area (Å²) in [6.07, 6.45) is 0.918. The molecule has 1 aliphatic carbocycles. The van der Waals surface area contributed by atoms with Crippen molar-refractivity contribution < 1.29 is 18.8 Å². The summed E-state index contributed by atoms with van der Waals surface area (Å²) in [5.74, 6) is -1.76. The molecule has 150 valence electrons. The molecule has 5 N–H and O–H groups in total. The third-order valence-corrected chi connectivity index (χ3v) is 5.96. The van der Waals surface area contributed by atoms with E-state index in [4.69, 9.17) is 5.73 Å². The van der Waals surface area contributed by atoms with Crippen molar-refractivity contribution in [1.82, 2.24) is 15.8 Å². The molecule has 5 unspecified atom stereocenters. The number of anilines is 1. The summed E-state index contributed by atoms with van der Waals surface area (Å²) in [6, 6.07) is 6.26. The molecule has 1 aromatic carbocycles. The van der Waals surface area contributed by atoms with Gasteiger partial charge in [-0.15, -0.1) is 0 Å². The summed E-state index contributed by atoms with van der Waals surface area (Å²) < 4.78 is 14.5. The number of alkyl halides is 1. The Morgan fingerprint density at radius 2 is 1.93 bits per heavy atom. The molecule has 9 heteroatoms. The highest BCUT2D eigenvalue weighted by Gasteiger charge is 2.49. The van der Waals surface area contributed by atoms with Crippen LogP contribution in [0, 0.1) is 11.8 Å². The zero-order valence-electron chi connectivity index (χ0n) is 15.4. The van der Waals surface area contributed by atoms with Gasteiger partial charge in [0, 0.05) is 36.2 Å². The lowest BCUT2D eigenvalue weighted by atomic mass is 9.82. The summed E-state index contributed by atoms with van der Waals surface area (Å²) in [7, 11) is 0. The quantitative estimate of drug-likeness (QED) is 0.599. The Kier molecular flexibility index (Phi) is 5.03. The van der Waals surface area contributed by atoms with E-state index in [9.17, 15) is 18.8 Å². The number of nitrogens with one attached hydrogen (secondary N) is 3. The first-order valence-electron chi connectivity index (χ1n) is 9.59. The summed E-state index contributed by atoms with van der Waals surface area (Å²) >= 11 is 0. The Labute approximate surface area is 162 Å². The molecule has 1 aromatic rings. The van der Waals surface area contributed by atoms with Crippen LogP contribution in [-0.4, -0.2) is 47.5 Å². The maximum absolute atomic E-state index is 14.5. The maximum atomic E-state index is 14.5. The molecule has 0 aromatic heterocycles. The third kappa shape index (κ3) is 3.47. The van der Waals surface area contributed by atoms with Crippen LogP contribution in [0.3, 0.4) is 0 Å². The third-order valence-electron chi connectivity index (χ3n) is 5.96. The van der Waals surface area contributed by atoms with Crippen LogP contribution < -0.4 is 21.9 Å². The first-order chi connectivity index (χ1) is 13.4. The smallest absolute Gasteiger partial charge is 0.248 e. The van der Waals surface area contributed by atoms with Gasteiger partial charge in [-0.3, -0.25) is 19.8 Å². The van der Waals surface area contributed by atoms with Crippen LogP contribution in [0.4, 0.5) is 10.1 Å². The Morgan fingerprint density at radius 1 is 1.18 bits per heavy atom. The van der Waals surface area contributed by atoms with Gasteiger partial charge in [0.1, 0.15) is 12.3 Å². The van der Waals surface area contributed by atoms with E-state index in [1.165, 1.54) is 12.1 Å². The largest absolute Gasteiger partial charge is 0.366 e. The van der Waals surface area contributed by atoms with E-state index in [2.05, 4.69) is 16.2 Å². The molecule has 3 aliphatic rings. The van der Waals surface area contributed by atoms with Crippen molar-refractivity contribution in [3.8, 4) is 0 Å². The average molecular weight is 389 g/mol. The van der Waals surface area contributed by atoms with Gasteiger partial charge in [0.05, 0.1) is 5.92 Å². The van der Waals surface area contributed by atoms with Crippen molar-refractivity contribution in [2.75, 3.05) is 11.9 Å². The van der Waals surface area contributed by atoms with Gasteiger partial charge in [0.25, 0.3) is 0 Å². The Balaban J connectivity index is 1.40. The highest BCUT2D eigenvalue weighted by Crippen LogP contribution is 2.36. The second-order valence-corrected chi connectivity index (χ2v) is 7.74. The number of hydrazine groups is 1. The number of benzene rings is 1. The van der Waals surface area contributed by atoms with E-state index >= 15 is 0 Å². The normalized spacial score (nSPS) is 32.2. The Bertz CT molecular complexity index is 786. The molecule has 0 spiro atoms. The molecule has 1 saturated carbocycles. The van der Waals surface area contributed by atoms with Gasteiger partial charge in [-0.2, -0.15) is 0 Å². The van der Waals surface area contributed by atoms with Crippen LogP contribution in [0.25, 0.3) is 0 Å². The number of amides is 3. The predicted octanol–water partition coefficient (Wildman–Crippen LogP) is 0.513. The zero-order valence-corrected chi connectivity index (χ0v) is 15.4. The summed E-state index contributed by atoms with van der Waals surface area (Å²) in [6.45, 7) is 0.249. The molecule has 3 amide bonds. The van der Waals surface area contributed by atoms with E-state index in [0.717, 1.165) is 12.8 Å². The number of rotatable bonds is 4. The average Bonchev–Trinajstić information content (AvgIpc) is 3.26. The number of carbonyl (C=O) groups is 3. The van der Waals surface area contributed by atoms with Crippen LogP contribution >= 0.6 is 0 Å². The first kappa shape index (κ1) is 18.8. The summed E-state index contributed by atoms with van der Waals surface area (Å²) in [4.78, 5) is 37.8. The minimum Gasteiger partial charge on any atom is -0.366 e. The fourth-order valence-corrected chi connectivity index (χ4v) is 4.47. The Morgan fingerprint density at radius 3 is 2.64 bits per heavy atom. The number of hydrogen-bond donors (Lipinski definition) is 4. The first-order valence-corrected chi connectivity index (χ1v) is 9.59. The van der Waals surface area contributed by atoms with Gasteiger partial charge in [0.2, 0.25) is 17.7 Å². The van der Waals surface area contributed by atoms with Gasteiger partial charge in [-0.05, 0) is 43.5 Å². The van der Waals surface area contributed by atoms with Crippen molar-refractivity contribution in [2.45, 2.75) is 44.1 Å². The molecular weight excluding hydrogens is 365 g/mol. The van der Waals surface area contributed by atoms with Gasteiger partial charge >= 0.3 is 0 Å². The monoisotopic (exact) mass is 389 g/mol. The van der Waals surface area contributed by atoms with E-state index < -0.39 is 24.2 Å². The number of likely N-dealkylation sites (tertiary alicyclic amines) is 1. The number of primary amides is 1. The van der Waals surface area contributed by atoms with Crippen molar-refractivity contribution in [3.63, 3.8) is 0 Å². The van der Waals surface area contributed by atoms with Crippen LogP contribution in [0.1, 0.15) is 36.0 Å². The number of fused-ring (bicyclic) bond motifs is 1. The van der Waals surface area contributed by atoms with Gasteiger partial charge < -0.3 is 16.0 Å². The lowest BCUT2D eigenvalue weighted by Gasteiger charge is -2.34. The zero-order chi connectivity index (χ0) is 19.8. The highest BCUT2D eigenvalue weighted by atomic mass is 19.1. The van der Waals surface area contributed by atoms with Crippen LogP contribution in [0.2, 0.25) is 0 Å². The molecule has 5 atom stereocenters. The standard InChI is InChI=1S/C19H24FN5O3/c20-13-2-1-3-14-16(13)18(24-23-14)25-9-11(8-15(25)26)19(28)22-12-6-4-10(5-7-12)17(21)27/h4-7,11,13-14,16,18,23-24H,1-3,8-9H2,(H2,21,27)(H,22,28). The molecule has 4 rings (SSSR count). The molecule has 0 radical (unpaired) electrons. The minimum atomic E-state index is -0.962. The summed E-state index contributed by atoms with van der Waals surface area (Å²) in [5.41, 5.74) is 12.3. The van der Waals surface area contributed by atoms with Crippen LogP contribution in [0.5, 0.6) is 0 Å². The number of hydrogen-bond acceptors (Lipinski definition) is 5. The molecule has 2 aliphatic heterocycles. The molecular formula is C19H24FN5O3. The lowest BCUT2D eigenvalue weighted by Crippen LogP contribution is -2.50. The fourth-order valence-electron chi connectivity index (χ4n) is 4.47. The van der Waals surface area contributed by atoms with Crippen LogP contribution in [-0.2, 0) is 9.59 Å². The van der Waals surface area contributed by atoms with E-state index in [-0.39, 0.29) is 36.7 Å². The van der Waals surface area contributed by atoms with Gasteiger partial charge in [0.15, 0.2) is 0 Å². The lowest BCUT2D eigenvalue weighted by molar-refractivity contribution is -0.131. The predicted molar refractivity (Wildman–Crippen MR) is 99.5 cm³/mol. The van der Waals surface area contributed by atoms with E-state index in [1.807, 2.05) is 0 Å². The second kappa shape index (κ2) is 7.48. The number of nitrogens with two attached hydrogens (primary N) is 1. The fraction of sp³-hybridized carbons (Fsp3) is 0.526.